The molecule has 0 aromatic carbocycles. The molecule has 1 heterocycles. The van der Waals surface area contributed by atoms with Crippen molar-refractivity contribution in [3.63, 3.8) is 0 Å². The second kappa shape index (κ2) is 5.12. The molecule has 4 heteroatoms. The highest BCUT2D eigenvalue weighted by atomic mass is 16.5. The molecule has 0 amide bonds. The van der Waals surface area contributed by atoms with Crippen molar-refractivity contribution in [2.45, 2.75) is 26.0 Å². The van der Waals surface area contributed by atoms with Crippen LogP contribution in [0.5, 0.6) is 0 Å². The van der Waals surface area contributed by atoms with Gasteiger partial charge < -0.3 is 9.84 Å². The molecule has 1 fully saturated rings. The van der Waals surface area contributed by atoms with Crippen LogP contribution in [0.4, 0.5) is 0 Å². The first kappa shape index (κ1) is 11.2. The molecule has 0 aromatic rings. The van der Waals surface area contributed by atoms with Gasteiger partial charge in [-0.1, -0.05) is 0 Å². The summed E-state index contributed by atoms with van der Waals surface area (Å²) < 4.78 is 5.42. The Morgan fingerprint density at radius 3 is 2.93 bits per heavy atom. The molecular weight excluding hydrogens is 182 g/mol. The minimum atomic E-state index is -0.921. The van der Waals surface area contributed by atoms with Crippen molar-refractivity contribution in [3.8, 4) is 0 Å². The van der Waals surface area contributed by atoms with Gasteiger partial charge in [-0.05, 0) is 19.9 Å². The fourth-order valence-electron chi connectivity index (χ4n) is 1.47. The second-order valence-electron chi connectivity index (χ2n) is 3.70. The van der Waals surface area contributed by atoms with Gasteiger partial charge in [0.1, 0.15) is 0 Å². The van der Waals surface area contributed by atoms with E-state index < -0.39 is 5.97 Å². The van der Waals surface area contributed by atoms with Crippen LogP contribution in [0.2, 0.25) is 0 Å². The summed E-state index contributed by atoms with van der Waals surface area (Å²) >= 11 is 0. The van der Waals surface area contributed by atoms with Crippen molar-refractivity contribution in [1.29, 1.82) is 0 Å². The quantitative estimate of drug-likeness (QED) is 0.681. The van der Waals surface area contributed by atoms with E-state index in [1.54, 1.807) is 6.08 Å². The van der Waals surface area contributed by atoms with Crippen LogP contribution >= 0.6 is 0 Å². The summed E-state index contributed by atoms with van der Waals surface area (Å²) in [5, 5.41) is 8.46. The minimum Gasteiger partial charge on any atom is -0.478 e. The zero-order valence-electron chi connectivity index (χ0n) is 8.64. The third kappa shape index (κ3) is 3.47. The van der Waals surface area contributed by atoms with Crippen molar-refractivity contribution < 1.29 is 14.6 Å². The molecule has 0 aromatic heterocycles. The number of nitrogens with zero attached hydrogens (tertiary/aromatic N) is 1. The van der Waals surface area contributed by atoms with E-state index in [4.69, 9.17) is 9.84 Å². The summed E-state index contributed by atoms with van der Waals surface area (Å²) in [7, 11) is 0. The largest absolute Gasteiger partial charge is 0.478 e. The Balaban J connectivity index is 2.44. The van der Waals surface area contributed by atoms with E-state index >= 15 is 0 Å². The van der Waals surface area contributed by atoms with E-state index in [0.29, 0.717) is 12.6 Å². The average Bonchev–Trinajstić information content (AvgIpc) is 2.15. The predicted octanol–water partition coefficient (Wildman–Crippen LogP) is 0.736. The highest BCUT2D eigenvalue weighted by molar-refractivity contribution is 5.79. The molecule has 1 aliphatic heterocycles. The zero-order chi connectivity index (χ0) is 10.6. The summed E-state index contributed by atoms with van der Waals surface area (Å²) in [6.45, 7) is 6.63. The van der Waals surface area contributed by atoms with E-state index in [1.165, 1.54) is 0 Å². The Labute approximate surface area is 84.2 Å². The molecule has 0 saturated carbocycles. The summed E-state index contributed by atoms with van der Waals surface area (Å²) in [4.78, 5) is 12.6. The van der Waals surface area contributed by atoms with Gasteiger partial charge in [0.2, 0.25) is 0 Å². The van der Waals surface area contributed by atoms with Crippen molar-refractivity contribution >= 4 is 5.97 Å². The molecule has 1 saturated heterocycles. The van der Waals surface area contributed by atoms with Crippen molar-refractivity contribution in [3.05, 3.63) is 12.2 Å². The Bertz CT molecular complexity index is 225. The highest BCUT2D eigenvalue weighted by Gasteiger charge is 2.20. The van der Waals surface area contributed by atoms with Crippen LogP contribution < -0.4 is 0 Å². The smallest absolute Gasteiger partial charge is 0.328 e. The number of aliphatic carboxylic acids is 1. The lowest BCUT2D eigenvalue weighted by molar-refractivity contribution is -0.131. The summed E-state index contributed by atoms with van der Waals surface area (Å²) in [6, 6.07) is 0.486. The van der Waals surface area contributed by atoms with Crippen LogP contribution in [0.25, 0.3) is 0 Å². The summed E-state index contributed by atoms with van der Waals surface area (Å²) in [5.74, 6) is -0.921. The monoisotopic (exact) mass is 199 g/mol. The van der Waals surface area contributed by atoms with E-state index in [1.807, 2.05) is 0 Å². The number of morpholine rings is 1. The summed E-state index contributed by atoms with van der Waals surface area (Å²) in [6.07, 6.45) is 2.67. The Kier molecular flexibility index (Phi) is 4.10. The maximum absolute atomic E-state index is 10.3. The number of carbonyl (C=O) groups is 1. The van der Waals surface area contributed by atoms with Crippen molar-refractivity contribution in [2.24, 2.45) is 0 Å². The SMILES string of the molecule is CC(C)N1CCOC(/C=C/C(=O)O)C1. The average molecular weight is 199 g/mol. The zero-order valence-corrected chi connectivity index (χ0v) is 8.64. The van der Waals surface area contributed by atoms with E-state index in [2.05, 4.69) is 18.7 Å². The molecule has 1 atom stereocenters. The number of rotatable bonds is 3. The molecule has 0 spiro atoms. The third-order valence-corrected chi connectivity index (χ3v) is 2.31. The van der Waals surface area contributed by atoms with Crippen LogP contribution in [0.1, 0.15) is 13.8 Å². The van der Waals surface area contributed by atoms with Crippen molar-refractivity contribution in [2.75, 3.05) is 19.7 Å². The van der Waals surface area contributed by atoms with Crippen LogP contribution in [0, 0.1) is 0 Å². The normalized spacial score (nSPS) is 24.6. The predicted molar refractivity (Wildman–Crippen MR) is 53.2 cm³/mol. The van der Waals surface area contributed by atoms with Crippen LogP contribution in [0.15, 0.2) is 12.2 Å². The van der Waals surface area contributed by atoms with E-state index in [9.17, 15) is 4.79 Å². The minimum absolute atomic E-state index is 0.0813. The molecule has 0 aliphatic carbocycles. The number of ether oxygens (including phenoxy) is 1. The van der Waals surface area contributed by atoms with Crippen LogP contribution in [-0.2, 0) is 9.53 Å². The molecule has 80 valence electrons. The molecule has 4 nitrogen and oxygen atoms in total. The standard InChI is InChI=1S/C10H17NO3/c1-8(2)11-5-6-14-9(7-11)3-4-10(12)13/h3-4,8-9H,5-7H2,1-2H3,(H,12,13)/b4-3+. The Morgan fingerprint density at radius 2 is 2.36 bits per heavy atom. The number of carboxylic acids is 1. The Hall–Kier alpha value is -0.870. The lowest BCUT2D eigenvalue weighted by atomic mass is 10.2. The van der Waals surface area contributed by atoms with Crippen molar-refractivity contribution in [1.82, 2.24) is 4.90 Å². The second-order valence-corrected chi connectivity index (χ2v) is 3.70. The van der Waals surface area contributed by atoms with Gasteiger partial charge >= 0.3 is 5.97 Å². The van der Waals surface area contributed by atoms with Gasteiger partial charge in [-0.25, -0.2) is 4.79 Å². The molecule has 1 aliphatic rings. The fraction of sp³-hybridized carbons (Fsp3) is 0.700. The maximum atomic E-state index is 10.3. The highest BCUT2D eigenvalue weighted by Crippen LogP contribution is 2.09. The molecule has 14 heavy (non-hydrogen) atoms. The first-order chi connectivity index (χ1) is 6.59. The van der Waals surface area contributed by atoms with Gasteiger partial charge in [0, 0.05) is 25.2 Å². The molecule has 0 bridgehead atoms. The van der Waals surface area contributed by atoms with Gasteiger partial charge in [0.25, 0.3) is 0 Å². The topological polar surface area (TPSA) is 49.8 Å². The summed E-state index contributed by atoms with van der Waals surface area (Å²) in [5.41, 5.74) is 0. The van der Waals surface area contributed by atoms with Gasteiger partial charge in [-0.2, -0.15) is 0 Å². The number of hydrogen-bond acceptors (Lipinski definition) is 3. The third-order valence-electron chi connectivity index (χ3n) is 2.31. The first-order valence-corrected chi connectivity index (χ1v) is 4.86. The van der Waals surface area contributed by atoms with Crippen LogP contribution in [0.3, 0.4) is 0 Å². The molecule has 1 N–H and O–H groups in total. The lowest BCUT2D eigenvalue weighted by Crippen LogP contribution is -2.45. The molecular formula is C10H17NO3. The van der Waals surface area contributed by atoms with Gasteiger partial charge in [0.05, 0.1) is 12.7 Å². The van der Waals surface area contributed by atoms with E-state index in [-0.39, 0.29) is 6.10 Å². The fourth-order valence-corrected chi connectivity index (χ4v) is 1.47. The maximum Gasteiger partial charge on any atom is 0.328 e. The lowest BCUT2D eigenvalue weighted by Gasteiger charge is -2.34. The van der Waals surface area contributed by atoms with Gasteiger partial charge in [-0.3, -0.25) is 4.90 Å². The molecule has 1 rings (SSSR count). The molecule has 0 radical (unpaired) electrons. The molecule has 1 unspecified atom stereocenters. The Morgan fingerprint density at radius 1 is 1.64 bits per heavy atom. The van der Waals surface area contributed by atoms with Gasteiger partial charge in [0.15, 0.2) is 0 Å². The van der Waals surface area contributed by atoms with Crippen LogP contribution in [-0.4, -0.2) is 47.8 Å². The number of hydrogen-bond donors (Lipinski definition) is 1. The first-order valence-electron chi connectivity index (χ1n) is 4.86. The number of carboxylic acid groups (broad SMARTS) is 1. The van der Waals surface area contributed by atoms with Gasteiger partial charge in [-0.15, -0.1) is 0 Å². The van der Waals surface area contributed by atoms with E-state index in [0.717, 1.165) is 19.2 Å².